The van der Waals surface area contributed by atoms with E-state index >= 15 is 0 Å². The molecule has 0 unspecified atom stereocenters. The third-order valence-electron chi connectivity index (χ3n) is 2.68. The highest BCUT2D eigenvalue weighted by Crippen LogP contribution is 2.17. The minimum Gasteiger partial charge on any atom is -0.380 e. The number of thiazole rings is 1. The van der Waals surface area contributed by atoms with Gasteiger partial charge in [-0.3, -0.25) is 0 Å². The Morgan fingerprint density at radius 2 is 2.17 bits per heavy atom. The molecule has 0 saturated carbocycles. The van der Waals surface area contributed by atoms with Crippen LogP contribution < -0.4 is 5.32 Å². The van der Waals surface area contributed by atoms with Crippen molar-refractivity contribution < 1.29 is 4.74 Å². The lowest BCUT2D eigenvalue weighted by molar-refractivity contribution is 0.185. The second-order valence-corrected chi connectivity index (χ2v) is 4.97. The van der Waals surface area contributed by atoms with E-state index in [0.29, 0.717) is 6.61 Å². The molecule has 0 atom stereocenters. The molecule has 0 amide bonds. The van der Waals surface area contributed by atoms with Crippen molar-refractivity contribution in [3.63, 3.8) is 0 Å². The first-order chi connectivity index (χ1) is 8.83. The molecule has 0 spiro atoms. The summed E-state index contributed by atoms with van der Waals surface area (Å²) >= 11 is 1.72. The lowest BCUT2D eigenvalue weighted by Gasteiger charge is -2.10. The fraction of sp³-hybridized carbons (Fsp3) is 0.357. The molecule has 4 heteroatoms. The first-order valence-corrected chi connectivity index (χ1v) is 6.95. The van der Waals surface area contributed by atoms with Crippen LogP contribution in [0.3, 0.4) is 0 Å². The maximum Gasteiger partial charge on any atom is 0.0926 e. The number of nitrogens with zero attached hydrogens (tertiary/aromatic N) is 1. The van der Waals surface area contributed by atoms with Gasteiger partial charge in [0.05, 0.1) is 23.9 Å². The van der Waals surface area contributed by atoms with E-state index < -0.39 is 0 Å². The summed E-state index contributed by atoms with van der Waals surface area (Å²) in [5.74, 6) is 0. The van der Waals surface area contributed by atoms with Gasteiger partial charge in [0.2, 0.25) is 0 Å². The van der Waals surface area contributed by atoms with Crippen molar-refractivity contribution in [3.8, 4) is 0 Å². The second kappa shape index (κ2) is 6.52. The van der Waals surface area contributed by atoms with Gasteiger partial charge in [0.1, 0.15) is 0 Å². The summed E-state index contributed by atoms with van der Waals surface area (Å²) in [5.41, 5.74) is 3.39. The zero-order valence-corrected chi connectivity index (χ0v) is 11.6. The van der Waals surface area contributed by atoms with Gasteiger partial charge in [-0.25, -0.2) is 4.98 Å². The SMILES string of the molecule is CCc1nc(CNc2ccccc2COC)cs1. The number of nitrogens with one attached hydrogen (secondary N) is 1. The molecule has 0 radical (unpaired) electrons. The minimum atomic E-state index is 0.625. The minimum absolute atomic E-state index is 0.625. The van der Waals surface area contributed by atoms with Crippen LogP contribution in [-0.2, 0) is 24.3 Å². The maximum atomic E-state index is 5.19. The zero-order chi connectivity index (χ0) is 12.8. The second-order valence-electron chi connectivity index (χ2n) is 4.03. The largest absolute Gasteiger partial charge is 0.380 e. The highest BCUT2D eigenvalue weighted by atomic mass is 32.1. The van der Waals surface area contributed by atoms with E-state index in [4.69, 9.17) is 4.74 Å². The van der Waals surface area contributed by atoms with Crippen LogP contribution in [0.15, 0.2) is 29.6 Å². The fourth-order valence-electron chi connectivity index (χ4n) is 1.75. The van der Waals surface area contributed by atoms with E-state index in [0.717, 1.165) is 24.3 Å². The number of anilines is 1. The van der Waals surface area contributed by atoms with E-state index in [1.165, 1.54) is 10.6 Å². The van der Waals surface area contributed by atoms with Gasteiger partial charge in [-0.2, -0.15) is 0 Å². The molecule has 1 aromatic heterocycles. The Morgan fingerprint density at radius 3 is 2.89 bits per heavy atom. The predicted octanol–water partition coefficient (Wildman–Crippen LogP) is 3.46. The number of aryl methyl sites for hydroxylation is 1. The van der Waals surface area contributed by atoms with E-state index in [2.05, 4.69) is 34.7 Å². The Morgan fingerprint density at radius 1 is 1.33 bits per heavy atom. The smallest absolute Gasteiger partial charge is 0.0926 e. The van der Waals surface area contributed by atoms with Crippen LogP contribution >= 0.6 is 11.3 Å². The van der Waals surface area contributed by atoms with Gasteiger partial charge in [0, 0.05) is 23.7 Å². The third kappa shape index (κ3) is 3.31. The Labute approximate surface area is 112 Å². The zero-order valence-electron chi connectivity index (χ0n) is 10.8. The molecule has 3 nitrogen and oxygen atoms in total. The standard InChI is InChI=1S/C14H18N2OS/c1-3-14-16-12(10-18-14)8-15-13-7-5-4-6-11(13)9-17-2/h4-7,10,15H,3,8-9H2,1-2H3. The van der Waals surface area contributed by atoms with Crippen LogP contribution in [0.2, 0.25) is 0 Å². The predicted molar refractivity (Wildman–Crippen MR) is 76.0 cm³/mol. The van der Waals surface area contributed by atoms with Crippen molar-refractivity contribution in [1.82, 2.24) is 4.98 Å². The van der Waals surface area contributed by atoms with Crippen LogP contribution in [0.1, 0.15) is 23.2 Å². The van der Waals surface area contributed by atoms with Crippen LogP contribution in [0.4, 0.5) is 5.69 Å². The van der Waals surface area contributed by atoms with E-state index in [9.17, 15) is 0 Å². The molecule has 0 bridgehead atoms. The van der Waals surface area contributed by atoms with Crippen LogP contribution in [-0.4, -0.2) is 12.1 Å². The topological polar surface area (TPSA) is 34.2 Å². The number of methoxy groups -OCH3 is 1. The van der Waals surface area contributed by atoms with Gasteiger partial charge in [0.15, 0.2) is 0 Å². The van der Waals surface area contributed by atoms with Gasteiger partial charge in [0.25, 0.3) is 0 Å². The highest BCUT2D eigenvalue weighted by molar-refractivity contribution is 7.09. The molecule has 2 aromatic rings. The quantitative estimate of drug-likeness (QED) is 0.865. The molecule has 0 saturated heterocycles. The summed E-state index contributed by atoms with van der Waals surface area (Å²) in [5, 5.41) is 6.72. The van der Waals surface area contributed by atoms with E-state index in [1.807, 2.05) is 12.1 Å². The number of benzene rings is 1. The molecule has 1 aromatic carbocycles. The number of hydrogen-bond acceptors (Lipinski definition) is 4. The number of rotatable bonds is 6. The summed E-state index contributed by atoms with van der Waals surface area (Å²) in [6, 6.07) is 8.20. The van der Waals surface area contributed by atoms with Crippen LogP contribution in [0.25, 0.3) is 0 Å². The molecule has 0 fully saturated rings. The van der Waals surface area contributed by atoms with E-state index in [1.54, 1.807) is 18.4 Å². The van der Waals surface area contributed by atoms with Gasteiger partial charge < -0.3 is 10.1 Å². The van der Waals surface area contributed by atoms with Crippen molar-refractivity contribution in [2.75, 3.05) is 12.4 Å². The van der Waals surface area contributed by atoms with Crippen molar-refractivity contribution >= 4 is 17.0 Å². The average Bonchev–Trinajstić information content (AvgIpc) is 2.86. The molecule has 0 aliphatic carbocycles. The molecule has 1 N–H and O–H groups in total. The van der Waals surface area contributed by atoms with Gasteiger partial charge in [-0.15, -0.1) is 11.3 Å². The Hall–Kier alpha value is -1.39. The molecule has 96 valence electrons. The first kappa shape index (κ1) is 13.1. The van der Waals surface area contributed by atoms with Gasteiger partial charge in [-0.1, -0.05) is 25.1 Å². The van der Waals surface area contributed by atoms with E-state index in [-0.39, 0.29) is 0 Å². The number of hydrogen-bond donors (Lipinski definition) is 1. The lowest BCUT2D eigenvalue weighted by Crippen LogP contribution is -2.03. The molecule has 0 aliphatic heterocycles. The van der Waals surface area contributed by atoms with Crippen molar-refractivity contribution in [3.05, 3.63) is 45.9 Å². The van der Waals surface area contributed by atoms with Crippen molar-refractivity contribution in [2.24, 2.45) is 0 Å². The molecule has 1 heterocycles. The normalized spacial score (nSPS) is 10.6. The first-order valence-electron chi connectivity index (χ1n) is 6.07. The Bertz CT molecular complexity index is 496. The average molecular weight is 262 g/mol. The summed E-state index contributed by atoms with van der Waals surface area (Å²) in [7, 11) is 1.71. The van der Waals surface area contributed by atoms with Crippen LogP contribution in [0, 0.1) is 0 Å². The van der Waals surface area contributed by atoms with Crippen molar-refractivity contribution in [1.29, 1.82) is 0 Å². The summed E-state index contributed by atoms with van der Waals surface area (Å²) < 4.78 is 5.19. The maximum absolute atomic E-state index is 5.19. The van der Waals surface area contributed by atoms with Crippen molar-refractivity contribution in [2.45, 2.75) is 26.5 Å². The number of ether oxygens (including phenoxy) is 1. The van der Waals surface area contributed by atoms with Gasteiger partial charge in [-0.05, 0) is 12.5 Å². The number of para-hydroxylation sites is 1. The van der Waals surface area contributed by atoms with Crippen LogP contribution in [0.5, 0.6) is 0 Å². The molecule has 0 aliphatic rings. The Balaban J connectivity index is 2.01. The summed E-state index contributed by atoms with van der Waals surface area (Å²) in [6.07, 6.45) is 1.00. The lowest BCUT2D eigenvalue weighted by atomic mass is 10.2. The highest BCUT2D eigenvalue weighted by Gasteiger charge is 2.03. The third-order valence-corrected chi connectivity index (χ3v) is 3.72. The number of aromatic nitrogens is 1. The monoisotopic (exact) mass is 262 g/mol. The molecule has 18 heavy (non-hydrogen) atoms. The summed E-state index contributed by atoms with van der Waals surface area (Å²) in [6.45, 7) is 3.52. The van der Waals surface area contributed by atoms with Gasteiger partial charge >= 0.3 is 0 Å². The Kier molecular flexibility index (Phi) is 4.73. The molecular formula is C14H18N2OS. The molecule has 2 rings (SSSR count). The summed E-state index contributed by atoms with van der Waals surface area (Å²) in [4.78, 5) is 4.54. The fourth-order valence-corrected chi connectivity index (χ4v) is 2.50. The molecular weight excluding hydrogens is 244 g/mol.